The number of halogens is 1. The van der Waals surface area contributed by atoms with Crippen molar-refractivity contribution in [2.45, 2.75) is 18.8 Å². The summed E-state index contributed by atoms with van der Waals surface area (Å²) in [5, 5.41) is 0. The van der Waals surface area contributed by atoms with Gasteiger partial charge in [-0.25, -0.2) is 4.39 Å². The van der Waals surface area contributed by atoms with E-state index in [0.717, 1.165) is 24.7 Å². The maximum Gasteiger partial charge on any atom is 0.123 e. The molecule has 0 amide bonds. The van der Waals surface area contributed by atoms with E-state index in [1.54, 1.807) is 12.1 Å². The van der Waals surface area contributed by atoms with Crippen LogP contribution >= 0.6 is 0 Å². The van der Waals surface area contributed by atoms with E-state index >= 15 is 0 Å². The molecule has 1 fully saturated rings. The second kappa shape index (κ2) is 3.29. The van der Waals surface area contributed by atoms with Crippen LogP contribution in [0.3, 0.4) is 0 Å². The zero-order chi connectivity index (χ0) is 9.26. The molecule has 68 valence electrons. The minimum atomic E-state index is -0.199. The molecule has 1 saturated carbocycles. The summed E-state index contributed by atoms with van der Waals surface area (Å²) in [4.78, 5) is 10.4. The molecular formula is C11H11FO. The Morgan fingerprint density at radius 2 is 1.85 bits per heavy atom. The maximum atomic E-state index is 12.6. The fraction of sp³-hybridized carbons (Fsp3) is 0.364. The van der Waals surface area contributed by atoms with E-state index in [1.807, 2.05) is 0 Å². The summed E-state index contributed by atoms with van der Waals surface area (Å²) < 4.78 is 12.6. The standard InChI is InChI=1S/C11H11FO/c12-11-3-1-9(2-4-11)10-5-8(6-10)7-13/h1-4,7-8,10H,5-6H2. The number of benzene rings is 1. The number of hydrogen-bond donors (Lipinski definition) is 0. The van der Waals surface area contributed by atoms with Gasteiger partial charge in [0.15, 0.2) is 0 Å². The summed E-state index contributed by atoms with van der Waals surface area (Å²) in [6.07, 6.45) is 2.87. The Kier molecular flexibility index (Phi) is 2.13. The molecule has 1 aliphatic carbocycles. The van der Waals surface area contributed by atoms with Gasteiger partial charge in [0.25, 0.3) is 0 Å². The Morgan fingerprint density at radius 3 is 2.38 bits per heavy atom. The third kappa shape index (κ3) is 1.62. The largest absolute Gasteiger partial charge is 0.303 e. The summed E-state index contributed by atoms with van der Waals surface area (Å²) in [5.74, 6) is 0.501. The van der Waals surface area contributed by atoms with Crippen molar-refractivity contribution in [1.82, 2.24) is 0 Å². The zero-order valence-corrected chi connectivity index (χ0v) is 7.24. The van der Waals surface area contributed by atoms with Crippen LogP contribution in [0.4, 0.5) is 4.39 Å². The van der Waals surface area contributed by atoms with Crippen LogP contribution in [0, 0.1) is 11.7 Å². The average Bonchev–Trinajstić information content (AvgIpc) is 2.06. The van der Waals surface area contributed by atoms with Crippen LogP contribution in [0.1, 0.15) is 24.3 Å². The predicted molar refractivity (Wildman–Crippen MR) is 47.9 cm³/mol. The number of carbonyl (C=O) groups excluding carboxylic acids is 1. The van der Waals surface area contributed by atoms with E-state index in [4.69, 9.17) is 0 Å². The van der Waals surface area contributed by atoms with Crippen LogP contribution in [0.5, 0.6) is 0 Å². The fourth-order valence-corrected chi connectivity index (χ4v) is 1.78. The summed E-state index contributed by atoms with van der Waals surface area (Å²) in [6.45, 7) is 0. The van der Waals surface area contributed by atoms with E-state index in [9.17, 15) is 9.18 Å². The van der Waals surface area contributed by atoms with Gasteiger partial charge in [-0.05, 0) is 36.5 Å². The number of rotatable bonds is 2. The lowest BCUT2D eigenvalue weighted by atomic mass is 9.72. The molecule has 0 heterocycles. The molecule has 13 heavy (non-hydrogen) atoms. The van der Waals surface area contributed by atoms with Crippen molar-refractivity contribution in [2.24, 2.45) is 5.92 Å². The monoisotopic (exact) mass is 178 g/mol. The first-order valence-electron chi connectivity index (χ1n) is 4.50. The molecule has 0 saturated heterocycles. The Labute approximate surface area is 76.6 Å². The Hall–Kier alpha value is -1.18. The lowest BCUT2D eigenvalue weighted by molar-refractivity contribution is -0.113. The Morgan fingerprint density at radius 1 is 1.23 bits per heavy atom. The topological polar surface area (TPSA) is 17.1 Å². The lowest BCUT2D eigenvalue weighted by Gasteiger charge is -2.31. The van der Waals surface area contributed by atoms with Crippen molar-refractivity contribution < 1.29 is 9.18 Å². The molecule has 0 aliphatic heterocycles. The van der Waals surface area contributed by atoms with Crippen LogP contribution < -0.4 is 0 Å². The lowest BCUT2D eigenvalue weighted by Crippen LogP contribution is -2.22. The highest BCUT2D eigenvalue weighted by atomic mass is 19.1. The minimum Gasteiger partial charge on any atom is -0.303 e. The predicted octanol–water partition coefficient (Wildman–Crippen LogP) is 2.52. The second-order valence-electron chi connectivity index (χ2n) is 3.62. The van der Waals surface area contributed by atoms with Crippen molar-refractivity contribution in [3.63, 3.8) is 0 Å². The van der Waals surface area contributed by atoms with Gasteiger partial charge in [0.1, 0.15) is 12.1 Å². The van der Waals surface area contributed by atoms with Crippen LogP contribution in [0.25, 0.3) is 0 Å². The van der Waals surface area contributed by atoms with Gasteiger partial charge in [0.05, 0.1) is 0 Å². The highest BCUT2D eigenvalue weighted by Gasteiger charge is 2.29. The molecule has 0 atom stereocenters. The van der Waals surface area contributed by atoms with Gasteiger partial charge in [0, 0.05) is 5.92 Å². The van der Waals surface area contributed by atoms with Crippen LogP contribution in [-0.2, 0) is 4.79 Å². The molecule has 0 radical (unpaired) electrons. The van der Waals surface area contributed by atoms with E-state index in [-0.39, 0.29) is 11.7 Å². The van der Waals surface area contributed by atoms with E-state index in [2.05, 4.69) is 0 Å². The van der Waals surface area contributed by atoms with Gasteiger partial charge in [-0.15, -0.1) is 0 Å². The van der Waals surface area contributed by atoms with Crippen molar-refractivity contribution in [2.75, 3.05) is 0 Å². The van der Waals surface area contributed by atoms with E-state index < -0.39 is 0 Å². The number of carbonyl (C=O) groups is 1. The summed E-state index contributed by atoms with van der Waals surface area (Å²) in [6, 6.07) is 6.56. The first-order valence-corrected chi connectivity index (χ1v) is 4.50. The minimum absolute atomic E-state index is 0.199. The quantitative estimate of drug-likeness (QED) is 0.636. The van der Waals surface area contributed by atoms with Crippen LogP contribution in [0.2, 0.25) is 0 Å². The molecule has 1 aromatic rings. The zero-order valence-electron chi connectivity index (χ0n) is 7.24. The summed E-state index contributed by atoms with van der Waals surface area (Å²) >= 11 is 0. The molecule has 0 unspecified atom stereocenters. The molecule has 2 heteroatoms. The number of hydrogen-bond acceptors (Lipinski definition) is 1. The van der Waals surface area contributed by atoms with Crippen molar-refractivity contribution in [3.8, 4) is 0 Å². The first-order chi connectivity index (χ1) is 6.29. The molecule has 0 bridgehead atoms. The van der Waals surface area contributed by atoms with Crippen LogP contribution in [0.15, 0.2) is 24.3 Å². The molecule has 1 aromatic carbocycles. The third-order valence-electron chi connectivity index (χ3n) is 2.71. The highest BCUT2D eigenvalue weighted by molar-refractivity contribution is 5.56. The SMILES string of the molecule is O=CC1CC(c2ccc(F)cc2)C1. The summed E-state index contributed by atoms with van der Waals surface area (Å²) in [7, 11) is 0. The van der Waals surface area contributed by atoms with Gasteiger partial charge in [0.2, 0.25) is 0 Å². The molecule has 0 aromatic heterocycles. The molecule has 2 rings (SSSR count). The Bertz CT molecular complexity index is 298. The first kappa shape index (κ1) is 8.42. The molecule has 0 N–H and O–H groups in total. The highest BCUT2D eigenvalue weighted by Crippen LogP contribution is 2.40. The van der Waals surface area contributed by atoms with Gasteiger partial charge >= 0.3 is 0 Å². The van der Waals surface area contributed by atoms with Gasteiger partial charge in [-0.1, -0.05) is 12.1 Å². The normalized spacial score (nSPS) is 26.5. The molecule has 1 nitrogen and oxygen atoms in total. The fourth-order valence-electron chi connectivity index (χ4n) is 1.78. The smallest absolute Gasteiger partial charge is 0.123 e. The third-order valence-corrected chi connectivity index (χ3v) is 2.71. The van der Waals surface area contributed by atoms with Crippen molar-refractivity contribution >= 4 is 6.29 Å². The number of aldehydes is 1. The van der Waals surface area contributed by atoms with Crippen molar-refractivity contribution in [1.29, 1.82) is 0 Å². The van der Waals surface area contributed by atoms with E-state index in [0.29, 0.717) is 5.92 Å². The van der Waals surface area contributed by atoms with Crippen molar-refractivity contribution in [3.05, 3.63) is 35.6 Å². The van der Waals surface area contributed by atoms with E-state index in [1.165, 1.54) is 12.1 Å². The van der Waals surface area contributed by atoms with Crippen LogP contribution in [-0.4, -0.2) is 6.29 Å². The molecule has 1 aliphatic rings. The summed E-state index contributed by atoms with van der Waals surface area (Å²) in [5.41, 5.74) is 1.15. The van der Waals surface area contributed by atoms with Gasteiger partial charge < -0.3 is 4.79 Å². The molecular weight excluding hydrogens is 167 g/mol. The molecule has 0 spiro atoms. The van der Waals surface area contributed by atoms with Gasteiger partial charge in [-0.2, -0.15) is 0 Å². The Balaban J connectivity index is 2.03. The average molecular weight is 178 g/mol. The van der Waals surface area contributed by atoms with Gasteiger partial charge in [-0.3, -0.25) is 0 Å². The maximum absolute atomic E-state index is 12.6. The second-order valence-corrected chi connectivity index (χ2v) is 3.62.